The van der Waals surface area contributed by atoms with Crippen LogP contribution in [0.2, 0.25) is 111 Å². The van der Waals surface area contributed by atoms with Gasteiger partial charge in [0.05, 0.1) is 13.2 Å². The number of halogens is 7. The number of ether oxygens (including phenoxy) is 2. The first-order chi connectivity index (χ1) is 33.6. The number of rotatable bonds is 29. The average molecular weight is 1470 g/mol. The third-order valence-electron chi connectivity index (χ3n) is 10.2. The van der Waals surface area contributed by atoms with Gasteiger partial charge >= 0.3 is 72.4 Å². The van der Waals surface area contributed by atoms with Gasteiger partial charge in [0.25, 0.3) is 0 Å². The van der Waals surface area contributed by atoms with Crippen molar-refractivity contribution in [2.24, 2.45) is 0 Å². The average Bonchev–Trinajstić information content (AvgIpc) is 4.03. The summed E-state index contributed by atoms with van der Waals surface area (Å²) >= 11 is 47.6. The van der Waals surface area contributed by atoms with E-state index in [-0.39, 0.29) is 44.6 Å². The van der Waals surface area contributed by atoms with Crippen LogP contribution in [0.3, 0.4) is 0 Å². The second-order valence-corrected chi connectivity index (χ2v) is 83.7. The summed E-state index contributed by atoms with van der Waals surface area (Å²) in [5.74, 6) is 0. The van der Waals surface area contributed by atoms with Gasteiger partial charge in [-0.15, -0.1) is 81.2 Å². The van der Waals surface area contributed by atoms with E-state index < -0.39 is 139 Å². The maximum Gasteiger partial charge on any atom is 0.651 e. The quantitative estimate of drug-likeness (QED) is 0.0303. The normalized spacial score (nSPS) is 36.1. The van der Waals surface area contributed by atoms with Crippen molar-refractivity contribution in [2.75, 3.05) is 58.3 Å². The Bertz CT molecular complexity index is 1780. The third kappa shape index (κ3) is 17.6. The second kappa shape index (κ2) is 24.1. The summed E-state index contributed by atoms with van der Waals surface area (Å²) in [6.07, 6.45) is 0.613. The molecule has 0 spiro atoms. The molecule has 0 radical (unpaired) electrons. The molecular weight excluding hydrogens is 1400 g/mol. The maximum atomic E-state index is 7.53. The predicted molar refractivity (Wildman–Crippen MR) is 313 cm³/mol. The van der Waals surface area contributed by atoms with Crippen molar-refractivity contribution < 1.29 is 91.8 Å². The SMILES string of the molecule is C[Si](C)(CCl)O[Si]12O[Si]3(O[Si](C)(C)CCl)O[Si]4(O[Si](C)(C)CCl)O[Si](O[Si](C)(C)CCl)(O1)O[Si]1(O[Si](C)(C)CCl)O[Si](O[Si](C)(C)CCl)(O2)O[Si](O[Si](C)(C)CCl)(O3)O[Si](O[Si](C)(C)CCCOCC2CO2)(O4)O1. The van der Waals surface area contributed by atoms with E-state index in [1.54, 1.807) is 13.1 Å². The Labute approximate surface area is 489 Å². The molecule has 74 heavy (non-hydrogen) atoms. The molecule has 0 aromatic carbocycles. The Hall–Kier alpha value is 4.62. The summed E-state index contributed by atoms with van der Waals surface area (Å²) in [7, 11) is -69.7. The van der Waals surface area contributed by atoms with Gasteiger partial charge in [-0.05, 0) is 117 Å². The van der Waals surface area contributed by atoms with Crippen molar-refractivity contribution in [2.45, 2.75) is 123 Å². The molecule has 0 aromatic rings. The molecule has 0 aliphatic carbocycles. The highest BCUT2D eigenvalue weighted by atomic mass is 35.5. The largest absolute Gasteiger partial charge is 0.651 e. The number of alkyl halides is 7. The molecule has 45 heteroatoms. The van der Waals surface area contributed by atoms with E-state index in [4.69, 9.17) is 173 Å². The van der Waals surface area contributed by atoms with Crippen molar-refractivity contribution in [3.8, 4) is 0 Å². The van der Waals surface area contributed by atoms with E-state index in [0.717, 1.165) is 0 Å². The Morgan fingerprint density at radius 3 is 0.662 bits per heavy atom. The van der Waals surface area contributed by atoms with E-state index in [9.17, 15) is 0 Å². The molecule has 434 valence electrons. The van der Waals surface area contributed by atoms with Gasteiger partial charge in [-0.1, -0.05) is 0 Å². The van der Waals surface area contributed by atoms with E-state index >= 15 is 0 Å². The van der Waals surface area contributed by atoms with Crippen molar-refractivity contribution in [3.63, 3.8) is 0 Å². The lowest BCUT2D eigenvalue weighted by Gasteiger charge is -2.61. The summed E-state index contributed by atoms with van der Waals surface area (Å²) in [4.78, 5) is 0. The van der Waals surface area contributed by atoms with Gasteiger partial charge in [0.15, 0.2) is 66.5 Å². The smallest absolute Gasteiger partial charge is 0.395 e. The Morgan fingerprint density at radius 1 is 0.324 bits per heavy atom. The van der Waals surface area contributed by atoms with E-state index in [2.05, 4.69) is 0 Å². The van der Waals surface area contributed by atoms with E-state index in [1.165, 1.54) is 0 Å². The summed E-state index contributed by atoms with van der Waals surface area (Å²) < 4.78 is 159. The van der Waals surface area contributed by atoms with Crippen LogP contribution >= 0.6 is 81.2 Å². The molecule has 7 saturated heterocycles. The zero-order valence-corrected chi connectivity index (χ0v) is 66.0. The van der Waals surface area contributed by atoms with E-state index in [1.807, 2.05) is 91.7 Å². The Kier molecular flexibility index (Phi) is 22.0. The maximum absolute atomic E-state index is 7.53. The van der Waals surface area contributed by atoms with Gasteiger partial charge in [0.1, 0.15) is 6.10 Å². The number of hydrogen-bond donors (Lipinski definition) is 0. The van der Waals surface area contributed by atoms with Gasteiger partial charge in [-0.25, -0.2) is 0 Å². The van der Waals surface area contributed by atoms with Gasteiger partial charge in [-0.3, -0.25) is 0 Å². The first-order valence-electron chi connectivity index (χ1n) is 23.8. The molecule has 22 nitrogen and oxygen atoms in total. The minimum absolute atomic E-state index is 0.0355. The van der Waals surface area contributed by atoms with Crippen LogP contribution in [0.1, 0.15) is 6.42 Å². The fourth-order valence-corrected chi connectivity index (χ4v) is 75.5. The lowest BCUT2D eigenvalue weighted by molar-refractivity contribution is -0.129. The topological polar surface area (TPSA) is 206 Å². The summed E-state index contributed by atoms with van der Waals surface area (Å²) in [6.45, 7) is 30.7. The van der Waals surface area contributed by atoms with Crippen LogP contribution in [-0.2, 0) is 91.8 Å². The van der Waals surface area contributed by atoms with Crippen LogP contribution in [-0.4, -0.2) is 203 Å². The first-order valence-corrected chi connectivity index (χ1v) is 65.5. The molecule has 0 saturated carbocycles. The molecular formula is C29H73Cl7O22Si16. The van der Waals surface area contributed by atoms with Crippen molar-refractivity contribution in [3.05, 3.63) is 0 Å². The Balaban J connectivity index is 1.82. The lowest BCUT2D eigenvalue weighted by atomic mass is 10.5. The monoisotopic (exact) mass is 1470 g/mol. The van der Waals surface area contributed by atoms with Gasteiger partial charge in [-0.2, -0.15) is 0 Å². The van der Waals surface area contributed by atoms with Crippen LogP contribution in [0.15, 0.2) is 0 Å². The van der Waals surface area contributed by atoms with Crippen LogP contribution in [0.25, 0.3) is 0 Å². The van der Waals surface area contributed by atoms with Crippen LogP contribution in [0.5, 0.6) is 0 Å². The molecule has 7 aliphatic rings. The predicted octanol–water partition coefficient (Wildman–Crippen LogP) is 7.76. The summed E-state index contributed by atoms with van der Waals surface area (Å²) in [5, 5.41) is 0. The van der Waals surface area contributed by atoms with E-state index in [0.29, 0.717) is 32.3 Å². The molecule has 7 rings (SSSR count). The summed E-state index contributed by atoms with van der Waals surface area (Å²) in [6, 6.07) is 0.452. The Morgan fingerprint density at radius 2 is 0.500 bits per heavy atom. The number of hydrogen-bond acceptors (Lipinski definition) is 22. The highest BCUT2D eigenvalue weighted by Crippen LogP contribution is 2.53. The minimum Gasteiger partial charge on any atom is -0.395 e. The van der Waals surface area contributed by atoms with Gasteiger partial charge in [0, 0.05) is 45.1 Å². The molecule has 7 aliphatic heterocycles. The zero-order chi connectivity index (χ0) is 55.6. The first kappa shape index (κ1) is 67.7. The molecule has 8 bridgehead atoms. The van der Waals surface area contributed by atoms with Gasteiger partial charge in [0.2, 0.25) is 0 Å². The fraction of sp³-hybridized carbons (Fsp3) is 1.00. The minimum atomic E-state index is -5.43. The molecule has 1 atom stereocenters. The molecule has 0 N–H and O–H groups in total. The van der Waals surface area contributed by atoms with Crippen molar-refractivity contribution >= 4 is 220 Å². The molecule has 7 heterocycles. The number of epoxide rings is 1. The van der Waals surface area contributed by atoms with Crippen molar-refractivity contribution in [1.82, 2.24) is 0 Å². The van der Waals surface area contributed by atoms with Gasteiger partial charge < -0.3 is 91.8 Å². The third-order valence-corrected chi connectivity index (χ3v) is 79.5. The highest BCUT2D eigenvalue weighted by Gasteiger charge is 2.92. The van der Waals surface area contributed by atoms with Crippen LogP contribution < -0.4 is 0 Å². The van der Waals surface area contributed by atoms with Crippen molar-refractivity contribution in [1.29, 1.82) is 0 Å². The standard InChI is InChI=1S/C29H73Cl7O22Si16/c1-59(2,19-17-18-37-20-29-21-38-29)39-67-47-68(40-60(3,4)22-30)50-71(43-63(9,10)25-33)52-69(48-67,41-61(5,6)23-31)54-73(45-65(13,14)27-35)55-70(49-67,42-62(7,8)24-32)53-72(51-68,44-64(11,12)26-34)57-74(56-71,58-73)46-66(15,16)28-36/h29H,17-28H2,1-16H3. The highest BCUT2D eigenvalue weighted by molar-refractivity contribution is 7.05. The van der Waals surface area contributed by atoms with Crippen LogP contribution in [0, 0.1) is 0 Å². The molecule has 1 unspecified atom stereocenters. The van der Waals surface area contributed by atoms with Crippen LogP contribution in [0.4, 0.5) is 0 Å². The lowest BCUT2D eigenvalue weighted by Crippen LogP contribution is -2.93. The molecule has 0 amide bonds. The fourth-order valence-electron chi connectivity index (χ4n) is 6.77. The zero-order valence-electron chi connectivity index (χ0n) is 44.7. The second-order valence-electron chi connectivity index (χ2n) is 23.2. The molecule has 7 fully saturated rings. The summed E-state index contributed by atoms with van der Waals surface area (Å²) in [5.41, 5.74) is -0.260. The molecule has 0 aromatic heterocycles.